The molecule has 0 saturated carbocycles. The summed E-state index contributed by atoms with van der Waals surface area (Å²) in [6, 6.07) is -0.903. The second-order valence-corrected chi connectivity index (χ2v) is 4.72. The molecule has 2 unspecified atom stereocenters. The molecule has 106 valence electrons. The number of nitrogens with one attached hydrogen (secondary N) is 1. The van der Waals surface area contributed by atoms with Crippen LogP contribution in [0.1, 0.15) is 39.5 Å². The van der Waals surface area contributed by atoms with E-state index in [-0.39, 0.29) is 30.9 Å². The average molecular weight is 260 g/mol. The van der Waals surface area contributed by atoms with Crippen LogP contribution in [0.15, 0.2) is 0 Å². The molecule has 0 aromatic rings. The molecule has 0 spiro atoms. The summed E-state index contributed by atoms with van der Waals surface area (Å²) < 4.78 is 0. The normalized spacial score (nSPS) is 15.8. The number of aliphatic carboxylic acids is 1. The zero-order valence-electron chi connectivity index (χ0n) is 11.1. The highest BCUT2D eigenvalue weighted by molar-refractivity contribution is 5.84. The monoisotopic (exact) mass is 260 g/mol. The van der Waals surface area contributed by atoms with Gasteiger partial charge in [0.2, 0.25) is 5.91 Å². The van der Waals surface area contributed by atoms with Gasteiger partial charge in [0.05, 0.1) is 0 Å². The lowest BCUT2D eigenvalue weighted by Gasteiger charge is -2.17. The molecule has 1 amide bonds. The van der Waals surface area contributed by atoms with Gasteiger partial charge in [0.25, 0.3) is 0 Å². The second kappa shape index (κ2) is 8.88. The van der Waals surface area contributed by atoms with Crippen molar-refractivity contribution in [3.8, 4) is 0 Å². The molecule has 6 nitrogen and oxygen atoms in total. The zero-order valence-corrected chi connectivity index (χ0v) is 11.1. The Morgan fingerprint density at radius 3 is 2.28 bits per heavy atom. The van der Waals surface area contributed by atoms with Gasteiger partial charge in [-0.2, -0.15) is 0 Å². The highest BCUT2D eigenvalue weighted by Crippen LogP contribution is 2.09. The van der Waals surface area contributed by atoms with Gasteiger partial charge in [0.1, 0.15) is 6.04 Å². The molecule has 5 N–H and O–H groups in total. The van der Waals surface area contributed by atoms with Crippen molar-refractivity contribution in [1.29, 1.82) is 0 Å². The number of carbonyl (C=O) groups excluding carboxylic acids is 1. The van der Waals surface area contributed by atoms with Crippen LogP contribution in [-0.2, 0) is 9.59 Å². The molecule has 3 atom stereocenters. The predicted octanol–water partition coefficient (Wildman–Crippen LogP) is 0.0918. The maximum absolute atomic E-state index is 11.7. The van der Waals surface area contributed by atoms with E-state index in [9.17, 15) is 9.59 Å². The van der Waals surface area contributed by atoms with Crippen molar-refractivity contribution in [3.05, 3.63) is 0 Å². The van der Waals surface area contributed by atoms with E-state index in [1.165, 1.54) is 0 Å². The third-order valence-corrected chi connectivity index (χ3v) is 2.78. The van der Waals surface area contributed by atoms with Crippen LogP contribution in [0.3, 0.4) is 0 Å². The molecule has 0 aliphatic rings. The van der Waals surface area contributed by atoms with Crippen LogP contribution in [0.4, 0.5) is 0 Å². The predicted molar refractivity (Wildman–Crippen MR) is 67.9 cm³/mol. The average Bonchev–Trinajstić information content (AvgIpc) is 2.27. The van der Waals surface area contributed by atoms with Gasteiger partial charge in [0, 0.05) is 25.0 Å². The van der Waals surface area contributed by atoms with Gasteiger partial charge in [-0.05, 0) is 19.8 Å². The Morgan fingerprint density at radius 2 is 1.83 bits per heavy atom. The summed E-state index contributed by atoms with van der Waals surface area (Å²) in [5.74, 6) is -1.66. The Kier molecular flexibility index (Phi) is 8.32. The number of rotatable bonds is 9. The quantitative estimate of drug-likeness (QED) is 0.469. The molecule has 18 heavy (non-hydrogen) atoms. The van der Waals surface area contributed by atoms with Gasteiger partial charge >= 0.3 is 5.97 Å². The Bertz CT molecular complexity index is 269. The lowest BCUT2D eigenvalue weighted by molar-refractivity contribution is -0.142. The minimum Gasteiger partial charge on any atom is -0.480 e. The van der Waals surface area contributed by atoms with Crippen LogP contribution >= 0.6 is 0 Å². The summed E-state index contributed by atoms with van der Waals surface area (Å²) in [7, 11) is 0. The Balaban J connectivity index is 4.08. The van der Waals surface area contributed by atoms with Gasteiger partial charge in [0.15, 0.2) is 0 Å². The number of hydrogen-bond donors (Lipinski definition) is 4. The first-order valence-corrected chi connectivity index (χ1v) is 6.28. The highest BCUT2D eigenvalue weighted by atomic mass is 16.4. The first kappa shape index (κ1) is 16.9. The van der Waals surface area contributed by atoms with Crippen LogP contribution in [0.25, 0.3) is 0 Å². The number of carboxylic acid groups (broad SMARTS) is 1. The van der Waals surface area contributed by atoms with Crippen LogP contribution in [0.5, 0.6) is 0 Å². The first-order valence-electron chi connectivity index (χ1n) is 6.28. The molecule has 0 aliphatic carbocycles. The van der Waals surface area contributed by atoms with Crippen LogP contribution < -0.4 is 11.1 Å². The number of aliphatic hydroxyl groups excluding tert-OH is 1. The molecular weight excluding hydrogens is 236 g/mol. The number of hydrogen-bond acceptors (Lipinski definition) is 4. The molecule has 6 heteroatoms. The maximum Gasteiger partial charge on any atom is 0.326 e. The fraction of sp³-hybridized carbons (Fsp3) is 0.833. The number of carboxylic acids is 1. The van der Waals surface area contributed by atoms with Crippen LogP contribution in [0, 0.1) is 5.92 Å². The summed E-state index contributed by atoms with van der Waals surface area (Å²) in [5.41, 5.74) is 5.61. The lowest BCUT2D eigenvalue weighted by Crippen LogP contribution is -2.43. The third kappa shape index (κ3) is 7.24. The Hall–Kier alpha value is -1.14. The van der Waals surface area contributed by atoms with Gasteiger partial charge in [-0.1, -0.05) is 13.3 Å². The van der Waals surface area contributed by atoms with E-state index in [2.05, 4.69) is 5.32 Å². The Labute approximate surface area is 108 Å². The van der Waals surface area contributed by atoms with E-state index >= 15 is 0 Å². The van der Waals surface area contributed by atoms with Crippen molar-refractivity contribution in [2.45, 2.75) is 51.6 Å². The molecule has 0 aromatic heterocycles. The van der Waals surface area contributed by atoms with Gasteiger partial charge < -0.3 is 21.3 Å². The molecule has 0 saturated heterocycles. The minimum atomic E-state index is -1.12. The second-order valence-electron chi connectivity index (χ2n) is 4.72. The van der Waals surface area contributed by atoms with Crippen molar-refractivity contribution in [3.63, 3.8) is 0 Å². The number of amides is 1. The minimum absolute atomic E-state index is 0.0215. The number of aliphatic hydroxyl groups is 1. The molecule has 0 fully saturated rings. The third-order valence-electron chi connectivity index (χ3n) is 2.78. The zero-order chi connectivity index (χ0) is 14.1. The summed E-state index contributed by atoms with van der Waals surface area (Å²) in [5, 5.41) is 20.0. The Morgan fingerprint density at radius 1 is 1.22 bits per heavy atom. The van der Waals surface area contributed by atoms with E-state index in [1.807, 2.05) is 6.92 Å². The van der Waals surface area contributed by atoms with E-state index in [1.54, 1.807) is 6.92 Å². The SMILES string of the molecule is CC(N)CCCC(C)C(=O)N[C@@H](CCO)C(=O)O. The van der Waals surface area contributed by atoms with Gasteiger partial charge in [-0.15, -0.1) is 0 Å². The van der Waals surface area contributed by atoms with Gasteiger partial charge in [-0.25, -0.2) is 4.79 Å². The van der Waals surface area contributed by atoms with E-state index in [0.29, 0.717) is 6.42 Å². The molecule has 0 aromatic carbocycles. The summed E-state index contributed by atoms with van der Waals surface area (Å²) >= 11 is 0. The van der Waals surface area contributed by atoms with Crippen LogP contribution in [-0.4, -0.2) is 40.8 Å². The van der Waals surface area contributed by atoms with Crippen LogP contribution in [0.2, 0.25) is 0 Å². The summed E-state index contributed by atoms with van der Waals surface area (Å²) in [4.78, 5) is 22.5. The van der Waals surface area contributed by atoms with Crippen molar-refractivity contribution in [2.75, 3.05) is 6.61 Å². The lowest BCUT2D eigenvalue weighted by atomic mass is 10.0. The van der Waals surface area contributed by atoms with E-state index in [0.717, 1.165) is 12.8 Å². The molecule has 0 rings (SSSR count). The van der Waals surface area contributed by atoms with Gasteiger partial charge in [-0.3, -0.25) is 4.79 Å². The largest absolute Gasteiger partial charge is 0.480 e. The summed E-state index contributed by atoms with van der Waals surface area (Å²) in [6.45, 7) is 3.40. The molecule has 0 bridgehead atoms. The van der Waals surface area contributed by atoms with Crippen molar-refractivity contribution >= 4 is 11.9 Å². The smallest absolute Gasteiger partial charge is 0.326 e. The standard InChI is InChI=1S/C12H24N2O4/c1-8(4-3-5-9(2)13)11(16)14-10(6-7-15)12(17)18/h8-10,15H,3-7,13H2,1-2H3,(H,14,16)(H,17,18)/t8?,9?,10-/m0/s1. The molecule has 0 heterocycles. The van der Waals surface area contributed by atoms with E-state index < -0.39 is 12.0 Å². The van der Waals surface area contributed by atoms with Crippen molar-refractivity contribution < 1.29 is 19.8 Å². The topological polar surface area (TPSA) is 113 Å². The maximum atomic E-state index is 11.7. The fourth-order valence-electron chi connectivity index (χ4n) is 1.58. The molecule has 0 aliphatic heterocycles. The fourth-order valence-corrected chi connectivity index (χ4v) is 1.58. The van der Waals surface area contributed by atoms with Crippen molar-refractivity contribution in [2.24, 2.45) is 11.7 Å². The number of nitrogens with two attached hydrogens (primary N) is 1. The van der Waals surface area contributed by atoms with E-state index in [4.69, 9.17) is 15.9 Å². The summed E-state index contributed by atoms with van der Waals surface area (Å²) in [6.07, 6.45) is 2.38. The molecule has 0 radical (unpaired) electrons. The number of carbonyl (C=O) groups is 2. The first-order chi connectivity index (χ1) is 8.38. The van der Waals surface area contributed by atoms with Crippen molar-refractivity contribution in [1.82, 2.24) is 5.32 Å². The highest BCUT2D eigenvalue weighted by Gasteiger charge is 2.22. The molecular formula is C12H24N2O4.